The van der Waals surface area contributed by atoms with Crippen molar-refractivity contribution in [3.63, 3.8) is 0 Å². The van der Waals surface area contributed by atoms with Gasteiger partial charge in [0.05, 0.1) is 5.56 Å². The van der Waals surface area contributed by atoms with Crippen molar-refractivity contribution in [3.8, 4) is 0 Å². The third-order valence-corrected chi connectivity index (χ3v) is 4.27. The first-order chi connectivity index (χ1) is 9.74. The Hall–Kier alpha value is -1.13. The van der Waals surface area contributed by atoms with Crippen LogP contribution in [0.2, 0.25) is 5.15 Å². The summed E-state index contributed by atoms with van der Waals surface area (Å²) < 4.78 is 0. The molecule has 2 heterocycles. The molecule has 1 N–H and O–H groups in total. The van der Waals surface area contributed by atoms with E-state index in [0.717, 1.165) is 37.7 Å². The number of carbonyl (C=O) groups is 1. The van der Waals surface area contributed by atoms with Crippen molar-refractivity contribution in [2.24, 2.45) is 5.92 Å². The second-order valence-electron chi connectivity index (χ2n) is 5.34. The summed E-state index contributed by atoms with van der Waals surface area (Å²) in [4.78, 5) is 17.3. The van der Waals surface area contributed by atoms with Crippen molar-refractivity contribution in [2.75, 3.05) is 31.6 Å². The fourth-order valence-electron chi connectivity index (χ4n) is 2.72. The average Bonchev–Trinajstić information content (AvgIpc) is 2.48. The second kappa shape index (κ2) is 7.60. The lowest BCUT2D eigenvalue weighted by Gasteiger charge is -2.33. The minimum absolute atomic E-state index is 0.300. The molecule has 0 atom stereocenters. The van der Waals surface area contributed by atoms with E-state index < -0.39 is 0 Å². The molecule has 0 radical (unpaired) electrons. The highest BCUT2D eigenvalue weighted by molar-refractivity contribution is 6.31. The highest BCUT2D eigenvalue weighted by Gasteiger charge is 2.20. The van der Waals surface area contributed by atoms with Gasteiger partial charge in [0, 0.05) is 13.1 Å². The molecule has 5 heteroatoms. The number of aldehydes is 1. The summed E-state index contributed by atoms with van der Waals surface area (Å²) in [6, 6.07) is 3.63. The first-order valence-electron chi connectivity index (χ1n) is 7.26. The van der Waals surface area contributed by atoms with E-state index in [1.165, 1.54) is 25.7 Å². The van der Waals surface area contributed by atoms with Gasteiger partial charge in [-0.3, -0.25) is 4.79 Å². The number of piperidine rings is 1. The van der Waals surface area contributed by atoms with Gasteiger partial charge in [-0.25, -0.2) is 4.98 Å². The number of pyridine rings is 1. The summed E-state index contributed by atoms with van der Waals surface area (Å²) in [6.45, 7) is 3.15. The zero-order valence-electron chi connectivity index (χ0n) is 11.9. The predicted molar refractivity (Wildman–Crippen MR) is 82.7 cm³/mol. The number of aromatic nitrogens is 1. The Bertz CT molecular complexity index is 445. The maximum absolute atomic E-state index is 10.7. The molecule has 4 nitrogen and oxygen atoms in total. The second-order valence-corrected chi connectivity index (χ2v) is 5.70. The van der Waals surface area contributed by atoms with Crippen molar-refractivity contribution in [1.82, 2.24) is 10.3 Å². The molecule has 1 aliphatic rings. The van der Waals surface area contributed by atoms with Gasteiger partial charge in [0.15, 0.2) is 6.29 Å². The molecule has 1 fully saturated rings. The van der Waals surface area contributed by atoms with E-state index in [1.807, 2.05) is 13.1 Å². The Balaban J connectivity index is 1.87. The molecule has 1 aliphatic heterocycles. The fraction of sp³-hybridized carbons (Fsp3) is 0.600. The number of carbonyl (C=O) groups excluding carboxylic acids is 1. The van der Waals surface area contributed by atoms with Crippen LogP contribution in [0, 0.1) is 5.92 Å². The van der Waals surface area contributed by atoms with E-state index in [0.29, 0.717) is 10.7 Å². The largest absolute Gasteiger partial charge is 0.357 e. The molecule has 2 rings (SSSR count). The van der Waals surface area contributed by atoms with Gasteiger partial charge in [-0.05, 0) is 57.3 Å². The van der Waals surface area contributed by atoms with Gasteiger partial charge >= 0.3 is 0 Å². The van der Waals surface area contributed by atoms with E-state index in [-0.39, 0.29) is 0 Å². The topological polar surface area (TPSA) is 45.2 Å². The molecule has 1 saturated heterocycles. The predicted octanol–water partition coefficient (Wildman–Crippen LogP) is 2.76. The molecular weight excluding hydrogens is 274 g/mol. The van der Waals surface area contributed by atoms with Crippen molar-refractivity contribution in [3.05, 3.63) is 22.8 Å². The van der Waals surface area contributed by atoms with Crippen LogP contribution in [0.3, 0.4) is 0 Å². The highest BCUT2D eigenvalue weighted by atomic mass is 35.5. The zero-order chi connectivity index (χ0) is 14.4. The lowest BCUT2D eigenvalue weighted by Crippen LogP contribution is -2.34. The summed E-state index contributed by atoms with van der Waals surface area (Å²) in [6.07, 6.45) is 5.70. The van der Waals surface area contributed by atoms with E-state index >= 15 is 0 Å². The van der Waals surface area contributed by atoms with Gasteiger partial charge < -0.3 is 10.2 Å². The molecule has 0 aliphatic carbocycles. The van der Waals surface area contributed by atoms with Crippen LogP contribution in [0.1, 0.15) is 36.0 Å². The molecule has 0 saturated carbocycles. The van der Waals surface area contributed by atoms with Gasteiger partial charge in [-0.2, -0.15) is 0 Å². The third-order valence-electron chi connectivity index (χ3n) is 3.97. The number of hydrogen-bond donors (Lipinski definition) is 1. The Morgan fingerprint density at radius 2 is 2.20 bits per heavy atom. The molecule has 0 aromatic carbocycles. The molecule has 1 aromatic heterocycles. The summed E-state index contributed by atoms with van der Waals surface area (Å²) in [5, 5.41) is 3.50. The monoisotopic (exact) mass is 295 g/mol. The third kappa shape index (κ3) is 3.93. The summed E-state index contributed by atoms with van der Waals surface area (Å²) >= 11 is 5.99. The molecule has 0 spiro atoms. The smallest absolute Gasteiger partial charge is 0.153 e. The van der Waals surface area contributed by atoms with Crippen LogP contribution in [0.4, 0.5) is 5.82 Å². The van der Waals surface area contributed by atoms with E-state index in [4.69, 9.17) is 11.6 Å². The van der Waals surface area contributed by atoms with Crippen LogP contribution >= 0.6 is 11.6 Å². The summed E-state index contributed by atoms with van der Waals surface area (Å²) in [5.74, 6) is 1.71. The lowest BCUT2D eigenvalue weighted by molar-refractivity contribution is 0.112. The molecule has 0 amide bonds. The fourth-order valence-corrected chi connectivity index (χ4v) is 2.91. The van der Waals surface area contributed by atoms with E-state index in [9.17, 15) is 4.79 Å². The van der Waals surface area contributed by atoms with Crippen LogP contribution in [0.25, 0.3) is 0 Å². The number of hydrogen-bond acceptors (Lipinski definition) is 4. The van der Waals surface area contributed by atoms with Crippen LogP contribution in [0.5, 0.6) is 0 Å². The number of halogens is 1. The normalized spacial score (nSPS) is 16.4. The lowest BCUT2D eigenvalue weighted by atomic mass is 9.92. The minimum atomic E-state index is 0.300. The van der Waals surface area contributed by atoms with Crippen LogP contribution in [0.15, 0.2) is 12.1 Å². The Morgan fingerprint density at radius 1 is 1.45 bits per heavy atom. The van der Waals surface area contributed by atoms with Crippen LogP contribution in [-0.2, 0) is 0 Å². The molecule has 20 heavy (non-hydrogen) atoms. The maximum atomic E-state index is 10.7. The molecular formula is C15H22ClN3O. The number of nitrogens with one attached hydrogen (secondary N) is 1. The van der Waals surface area contributed by atoms with Gasteiger partial charge in [-0.1, -0.05) is 11.6 Å². The van der Waals surface area contributed by atoms with Crippen LogP contribution < -0.4 is 10.2 Å². The SMILES string of the molecule is CNCCCC1CCN(c2ccc(C=O)c(Cl)n2)CC1. The van der Waals surface area contributed by atoms with Gasteiger partial charge in [-0.15, -0.1) is 0 Å². The van der Waals surface area contributed by atoms with Crippen LogP contribution in [-0.4, -0.2) is 38.0 Å². The van der Waals surface area contributed by atoms with Crippen molar-refractivity contribution < 1.29 is 4.79 Å². The summed E-state index contributed by atoms with van der Waals surface area (Å²) in [5.41, 5.74) is 0.456. The van der Waals surface area contributed by atoms with Gasteiger partial charge in [0.1, 0.15) is 11.0 Å². The van der Waals surface area contributed by atoms with Crippen molar-refractivity contribution >= 4 is 23.7 Å². The molecule has 1 aromatic rings. The minimum Gasteiger partial charge on any atom is -0.357 e. The van der Waals surface area contributed by atoms with Crippen molar-refractivity contribution in [1.29, 1.82) is 0 Å². The molecule has 110 valence electrons. The standard InChI is InChI=1S/C15H22ClN3O/c1-17-8-2-3-12-6-9-19(10-7-12)14-5-4-13(11-20)15(16)18-14/h4-5,11-12,17H,2-3,6-10H2,1H3. The molecule has 0 bridgehead atoms. The van der Waals surface area contributed by atoms with E-state index in [1.54, 1.807) is 6.07 Å². The average molecular weight is 296 g/mol. The highest BCUT2D eigenvalue weighted by Crippen LogP contribution is 2.26. The van der Waals surface area contributed by atoms with Crippen molar-refractivity contribution in [2.45, 2.75) is 25.7 Å². The number of rotatable bonds is 6. The Morgan fingerprint density at radius 3 is 2.80 bits per heavy atom. The Kier molecular flexibility index (Phi) is 5.80. The summed E-state index contributed by atoms with van der Waals surface area (Å²) in [7, 11) is 2.00. The first-order valence-corrected chi connectivity index (χ1v) is 7.63. The number of anilines is 1. The quantitative estimate of drug-likeness (QED) is 0.498. The zero-order valence-corrected chi connectivity index (χ0v) is 12.7. The van der Waals surface area contributed by atoms with Gasteiger partial charge in [0.25, 0.3) is 0 Å². The first kappa shape index (κ1) is 15.3. The van der Waals surface area contributed by atoms with E-state index in [2.05, 4.69) is 15.2 Å². The Labute approximate surface area is 125 Å². The molecule has 0 unspecified atom stereocenters. The maximum Gasteiger partial charge on any atom is 0.153 e. The van der Waals surface area contributed by atoms with Gasteiger partial charge in [0.2, 0.25) is 0 Å². The number of nitrogens with zero attached hydrogens (tertiary/aromatic N) is 2.